The number of hydrogen-bond donors (Lipinski definition) is 0. The lowest BCUT2D eigenvalue weighted by Crippen LogP contribution is -2.16. The van der Waals surface area contributed by atoms with Crippen LogP contribution in [0, 0.1) is 12.8 Å². The van der Waals surface area contributed by atoms with Crippen LogP contribution in [-0.4, -0.2) is 21.9 Å². The predicted octanol–water partition coefficient (Wildman–Crippen LogP) is 2.85. The number of esters is 1. The number of aryl methyl sites for hydroxylation is 1. The predicted molar refractivity (Wildman–Crippen MR) is 75.2 cm³/mol. The van der Waals surface area contributed by atoms with E-state index in [2.05, 4.69) is 10.2 Å². The molecule has 0 saturated carbocycles. The number of hydrogen-bond acceptors (Lipinski definition) is 6. The molecule has 2 aromatic rings. The Hall–Kier alpha value is -1.82. The lowest BCUT2D eigenvalue weighted by molar-refractivity contribution is -0.148. The van der Waals surface area contributed by atoms with Crippen molar-refractivity contribution in [3.05, 3.63) is 41.8 Å². The molecule has 0 spiro atoms. The first-order valence-corrected chi connectivity index (χ1v) is 7.27. The summed E-state index contributed by atoms with van der Waals surface area (Å²) in [6.45, 7) is 3.85. The standard InChI is InChI=1S/C14H16N2O3S/c1-10(9-20-14-16-15-11(2)19-14)13(17)18-8-12-6-4-3-5-7-12/h3-7,10H,8-9H2,1-2H3. The molecule has 1 aromatic carbocycles. The molecule has 1 atom stereocenters. The van der Waals surface area contributed by atoms with Gasteiger partial charge in [0, 0.05) is 12.7 Å². The van der Waals surface area contributed by atoms with E-state index in [-0.39, 0.29) is 11.9 Å². The van der Waals surface area contributed by atoms with Gasteiger partial charge >= 0.3 is 5.97 Å². The van der Waals surface area contributed by atoms with Crippen molar-refractivity contribution in [3.63, 3.8) is 0 Å². The lowest BCUT2D eigenvalue weighted by Gasteiger charge is -2.10. The van der Waals surface area contributed by atoms with Crippen LogP contribution in [-0.2, 0) is 16.1 Å². The molecule has 0 aliphatic heterocycles. The van der Waals surface area contributed by atoms with Crippen molar-refractivity contribution in [2.75, 3.05) is 5.75 Å². The average Bonchev–Trinajstić information content (AvgIpc) is 2.89. The van der Waals surface area contributed by atoms with Crippen molar-refractivity contribution in [1.82, 2.24) is 10.2 Å². The zero-order valence-electron chi connectivity index (χ0n) is 11.4. The summed E-state index contributed by atoms with van der Waals surface area (Å²) in [7, 11) is 0. The number of rotatable bonds is 6. The highest BCUT2D eigenvalue weighted by Gasteiger charge is 2.16. The maximum Gasteiger partial charge on any atom is 0.309 e. The fourth-order valence-corrected chi connectivity index (χ4v) is 2.28. The molecular weight excluding hydrogens is 276 g/mol. The highest BCUT2D eigenvalue weighted by molar-refractivity contribution is 7.99. The Balaban J connectivity index is 1.74. The van der Waals surface area contributed by atoms with Gasteiger partial charge in [0.2, 0.25) is 5.89 Å². The van der Waals surface area contributed by atoms with E-state index >= 15 is 0 Å². The number of nitrogens with zero attached hydrogens (tertiary/aromatic N) is 2. The Morgan fingerprint density at radius 2 is 2.10 bits per heavy atom. The number of benzene rings is 1. The van der Waals surface area contributed by atoms with Crippen molar-refractivity contribution in [1.29, 1.82) is 0 Å². The number of carbonyl (C=O) groups is 1. The molecular formula is C14H16N2O3S. The molecule has 0 bridgehead atoms. The van der Waals surface area contributed by atoms with Crippen molar-refractivity contribution < 1.29 is 13.9 Å². The Kier molecular flexibility index (Phi) is 5.17. The van der Waals surface area contributed by atoms with Crippen molar-refractivity contribution in [2.45, 2.75) is 25.7 Å². The maximum atomic E-state index is 11.8. The highest BCUT2D eigenvalue weighted by atomic mass is 32.2. The van der Waals surface area contributed by atoms with Gasteiger partial charge in [-0.2, -0.15) is 0 Å². The van der Waals surface area contributed by atoms with Gasteiger partial charge in [-0.3, -0.25) is 4.79 Å². The summed E-state index contributed by atoms with van der Waals surface area (Å²) in [6, 6.07) is 9.61. The third-order valence-electron chi connectivity index (χ3n) is 2.59. The van der Waals surface area contributed by atoms with Gasteiger partial charge in [0.15, 0.2) is 0 Å². The topological polar surface area (TPSA) is 65.2 Å². The molecule has 6 heteroatoms. The molecule has 0 saturated heterocycles. The summed E-state index contributed by atoms with van der Waals surface area (Å²) in [5, 5.41) is 8.07. The van der Waals surface area contributed by atoms with Crippen molar-refractivity contribution in [3.8, 4) is 0 Å². The first-order chi connectivity index (χ1) is 9.65. The van der Waals surface area contributed by atoms with E-state index in [1.54, 1.807) is 6.92 Å². The minimum absolute atomic E-state index is 0.224. The molecule has 1 aromatic heterocycles. The molecule has 106 valence electrons. The summed E-state index contributed by atoms with van der Waals surface area (Å²) in [5.41, 5.74) is 0.980. The summed E-state index contributed by atoms with van der Waals surface area (Å²) in [6.07, 6.45) is 0. The minimum Gasteiger partial charge on any atom is -0.461 e. The van der Waals surface area contributed by atoms with Gasteiger partial charge in [0.1, 0.15) is 6.61 Å². The van der Waals surface area contributed by atoms with Crippen LogP contribution in [0.2, 0.25) is 0 Å². The fourth-order valence-electron chi connectivity index (χ4n) is 1.47. The summed E-state index contributed by atoms with van der Waals surface area (Å²) >= 11 is 1.36. The van der Waals surface area contributed by atoms with Gasteiger partial charge in [-0.05, 0) is 5.56 Å². The smallest absolute Gasteiger partial charge is 0.309 e. The van der Waals surface area contributed by atoms with E-state index in [1.807, 2.05) is 37.3 Å². The normalized spacial score (nSPS) is 12.1. The quantitative estimate of drug-likeness (QED) is 0.602. The van der Waals surface area contributed by atoms with E-state index in [9.17, 15) is 4.79 Å². The number of ether oxygens (including phenoxy) is 1. The zero-order valence-corrected chi connectivity index (χ0v) is 12.2. The van der Waals surface area contributed by atoms with Gasteiger partial charge in [-0.1, -0.05) is 49.0 Å². The summed E-state index contributed by atoms with van der Waals surface area (Å²) in [5.74, 6) is 0.621. The van der Waals surface area contributed by atoms with E-state index in [0.717, 1.165) is 5.56 Å². The Bertz CT molecular complexity index is 557. The molecule has 0 amide bonds. The van der Waals surface area contributed by atoms with Crippen LogP contribution < -0.4 is 0 Å². The number of thioether (sulfide) groups is 1. The Morgan fingerprint density at radius 1 is 1.35 bits per heavy atom. The fraction of sp³-hybridized carbons (Fsp3) is 0.357. The van der Waals surface area contributed by atoms with Gasteiger partial charge in [-0.15, -0.1) is 10.2 Å². The number of aromatic nitrogens is 2. The van der Waals surface area contributed by atoms with E-state index in [4.69, 9.17) is 9.15 Å². The van der Waals surface area contributed by atoms with E-state index in [1.165, 1.54) is 11.8 Å². The molecule has 1 heterocycles. The van der Waals surface area contributed by atoms with Crippen LogP contribution >= 0.6 is 11.8 Å². The summed E-state index contributed by atoms with van der Waals surface area (Å²) < 4.78 is 10.5. The molecule has 0 aliphatic carbocycles. The first-order valence-electron chi connectivity index (χ1n) is 6.28. The third-order valence-corrected chi connectivity index (χ3v) is 3.67. The molecule has 0 aliphatic rings. The maximum absolute atomic E-state index is 11.8. The van der Waals surface area contributed by atoms with Crippen molar-refractivity contribution >= 4 is 17.7 Å². The van der Waals surface area contributed by atoms with Gasteiger partial charge in [0.25, 0.3) is 5.22 Å². The van der Waals surface area contributed by atoms with Crippen LogP contribution in [0.4, 0.5) is 0 Å². The first kappa shape index (κ1) is 14.6. The zero-order chi connectivity index (χ0) is 14.4. The Morgan fingerprint density at radius 3 is 2.75 bits per heavy atom. The molecule has 0 N–H and O–H groups in total. The number of carbonyl (C=O) groups excluding carboxylic acids is 1. The minimum atomic E-state index is -0.226. The van der Waals surface area contributed by atoms with Crippen molar-refractivity contribution in [2.24, 2.45) is 5.92 Å². The molecule has 5 nitrogen and oxygen atoms in total. The van der Waals surface area contributed by atoms with Crippen LogP contribution in [0.5, 0.6) is 0 Å². The van der Waals surface area contributed by atoms with E-state index < -0.39 is 0 Å². The monoisotopic (exact) mass is 292 g/mol. The van der Waals surface area contributed by atoms with Gasteiger partial charge in [-0.25, -0.2) is 0 Å². The van der Waals surface area contributed by atoms with E-state index in [0.29, 0.717) is 23.5 Å². The lowest BCUT2D eigenvalue weighted by atomic mass is 10.2. The highest BCUT2D eigenvalue weighted by Crippen LogP contribution is 2.19. The average molecular weight is 292 g/mol. The van der Waals surface area contributed by atoms with Crippen LogP contribution in [0.15, 0.2) is 40.0 Å². The second kappa shape index (κ2) is 7.09. The van der Waals surface area contributed by atoms with Crippen LogP contribution in [0.1, 0.15) is 18.4 Å². The van der Waals surface area contributed by atoms with Gasteiger partial charge in [0.05, 0.1) is 5.92 Å². The van der Waals surface area contributed by atoms with Crippen LogP contribution in [0.3, 0.4) is 0 Å². The third kappa shape index (κ3) is 4.38. The second-order valence-corrected chi connectivity index (χ2v) is 5.36. The molecule has 20 heavy (non-hydrogen) atoms. The van der Waals surface area contributed by atoms with Crippen LogP contribution in [0.25, 0.3) is 0 Å². The Labute approximate surface area is 121 Å². The molecule has 0 radical (unpaired) electrons. The molecule has 0 fully saturated rings. The second-order valence-electron chi connectivity index (χ2n) is 4.39. The molecule has 2 rings (SSSR count). The SMILES string of the molecule is Cc1nnc(SCC(C)C(=O)OCc2ccccc2)o1. The molecule has 1 unspecified atom stereocenters. The summed E-state index contributed by atoms with van der Waals surface area (Å²) in [4.78, 5) is 11.8. The van der Waals surface area contributed by atoms with Gasteiger partial charge < -0.3 is 9.15 Å². The largest absolute Gasteiger partial charge is 0.461 e.